The Morgan fingerprint density at radius 2 is 2.25 bits per heavy atom. The van der Waals surface area contributed by atoms with Crippen LogP contribution in [-0.2, 0) is 4.74 Å². The number of hydrogen-bond donors (Lipinski definition) is 2. The fourth-order valence-electron chi connectivity index (χ4n) is 2.33. The SMILES string of the molecule is COc1ccc2c(c1)N[C@]1(C=C(C)OC(N)=C1C#N)O2. The van der Waals surface area contributed by atoms with Crippen molar-refractivity contribution < 1.29 is 14.2 Å². The largest absolute Gasteiger partial charge is 0.497 e. The predicted octanol–water partition coefficient (Wildman–Crippen LogP) is 1.82. The van der Waals surface area contributed by atoms with Gasteiger partial charge in [0.05, 0.1) is 12.8 Å². The fraction of sp³-hybridized carbons (Fsp3) is 0.214. The van der Waals surface area contributed by atoms with Gasteiger partial charge in [-0.15, -0.1) is 0 Å². The van der Waals surface area contributed by atoms with Gasteiger partial charge in [0.25, 0.3) is 0 Å². The van der Waals surface area contributed by atoms with E-state index in [1.807, 2.05) is 6.07 Å². The molecule has 0 bridgehead atoms. The summed E-state index contributed by atoms with van der Waals surface area (Å²) in [5, 5.41) is 12.5. The maximum absolute atomic E-state index is 9.31. The summed E-state index contributed by atoms with van der Waals surface area (Å²) in [4.78, 5) is 0. The van der Waals surface area contributed by atoms with Crippen LogP contribution in [0.25, 0.3) is 0 Å². The predicted molar refractivity (Wildman–Crippen MR) is 71.6 cm³/mol. The topological polar surface area (TPSA) is 89.5 Å². The Morgan fingerprint density at radius 3 is 2.95 bits per heavy atom. The van der Waals surface area contributed by atoms with E-state index in [0.29, 0.717) is 17.3 Å². The van der Waals surface area contributed by atoms with Crippen molar-refractivity contribution in [3.8, 4) is 17.6 Å². The van der Waals surface area contributed by atoms with E-state index in [2.05, 4.69) is 5.32 Å². The van der Waals surface area contributed by atoms with Crippen LogP contribution in [0, 0.1) is 11.3 Å². The monoisotopic (exact) mass is 271 g/mol. The molecular weight excluding hydrogens is 258 g/mol. The minimum Gasteiger partial charge on any atom is -0.497 e. The van der Waals surface area contributed by atoms with E-state index >= 15 is 0 Å². The number of nitrogens with two attached hydrogens (primary N) is 1. The standard InChI is InChI=1S/C14H13N3O3/c1-8-6-14(10(7-15)13(16)19-8)17-11-5-9(18-2)3-4-12(11)20-14/h3-6,17H,16H2,1-2H3/t14-/m1/s1. The van der Waals surface area contributed by atoms with Gasteiger partial charge in [-0.25, -0.2) is 0 Å². The van der Waals surface area contributed by atoms with Gasteiger partial charge in [-0.05, 0) is 19.1 Å². The summed E-state index contributed by atoms with van der Waals surface area (Å²) in [5.74, 6) is 1.92. The van der Waals surface area contributed by atoms with Crippen LogP contribution in [0.5, 0.6) is 11.5 Å². The normalized spacial score (nSPS) is 23.1. The summed E-state index contributed by atoms with van der Waals surface area (Å²) in [6.07, 6.45) is 1.69. The lowest BCUT2D eigenvalue weighted by Gasteiger charge is -2.29. The van der Waals surface area contributed by atoms with Crippen molar-refractivity contribution >= 4 is 5.69 Å². The molecular formula is C14H13N3O3. The molecule has 3 N–H and O–H groups in total. The van der Waals surface area contributed by atoms with Gasteiger partial charge in [0.1, 0.15) is 23.3 Å². The van der Waals surface area contributed by atoms with Crippen LogP contribution in [0.4, 0.5) is 5.69 Å². The summed E-state index contributed by atoms with van der Waals surface area (Å²) < 4.78 is 16.3. The number of benzene rings is 1. The molecule has 1 aromatic carbocycles. The lowest BCUT2D eigenvalue weighted by atomic mass is 10.0. The van der Waals surface area contributed by atoms with E-state index in [0.717, 1.165) is 5.69 Å². The van der Waals surface area contributed by atoms with Crippen LogP contribution < -0.4 is 20.5 Å². The number of allylic oxidation sites excluding steroid dienone is 1. The molecule has 0 amide bonds. The Bertz CT molecular complexity index is 687. The Kier molecular flexibility index (Phi) is 2.51. The Hall–Kier alpha value is -2.81. The number of nitriles is 1. The number of hydrogen-bond acceptors (Lipinski definition) is 6. The molecule has 2 aliphatic heterocycles. The van der Waals surface area contributed by atoms with Gasteiger partial charge in [-0.2, -0.15) is 5.26 Å². The third-order valence-electron chi connectivity index (χ3n) is 3.19. The van der Waals surface area contributed by atoms with E-state index < -0.39 is 5.72 Å². The highest BCUT2D eigenvalue weighted by Gasteiger charge is 2.46. The summed E-state index contributed by atoms with van der Waals surface area (Å²) in [7, 11) is 1.59. The summed E-state index contributed by atoms with van der Waals surface area (Å²) in [5.41, 5.74) is 5.58. The van der Waals surface area contributed by atoms with E-state index in [4.69, 9.17) is 19.9 Å². The van der Waals surface area contributed by atoms with Gasteiger partial charge in [-0.1, -0.05) is 0 Å². The van der Waals surface area contributed by atoms with Crippen LogP contribution in [0.15, 0.2) is 41.5 Å². The van der Waals surface area contributed by atoms with Gasteiger partial charge in [0, 0.05) is 12.1 Å². The van der Waals surface area contributed by atoms with Crippen molar-refractivity contribution in [3.05, 3.63) is 41.5 Å². The van der Waals surface area contributed by atoms with Crippen LogP contribution in [0.1, 0.15) is 6.92 Å². The third-order valence-corrected chi connectivity index (χ3v) is 3.19. The average Bonchev–Trinajstić information content (AvgIpc) is 2.74. The molecule has 1 spiro atoms. The average molecular weight is 271 g/mol. The van der Waals surface area contributed by atoms with Gasteiger partial charge >= 0.3 is 0 Å². The maximum Gasteiger partial charge on any atom is 0.245 e. The molecule has 0 fully saturated rings. The first kappa shape index (κ1) is 12.2. The van der Waals surface area contributed by atoms with E-state index in [-0.39, 0.29) is 11.5 Å². The number of ether oxygens (including phenoxy) is 3. The molecule has 0 saturated heterocycles. The lowest BCUT2D eigenvalue weighted by molar-refractivity contribution is 0.175. The summed E-state index contributed by atoms with van der Waals surface area (Å²) in [6.45, 7) is 1.75. The quantitative estimate of drug-likeness (QED) is 0.809. The van der Waals surface area contributed by atoms with Gasteiger partial charge in [0.15, 0.2) is 5.57 Å². The van der Waals surface area contributed by atoms with E-state index in [9.17, 15) is 5.26 Å². The first-order chi connectivity index (χ1) is 9.58. The molecule has 0 aliphatic carbocycles. The van der Waals surface area contributed by atoms with Gasteiger partial charge < -0.3 is 25.3 Å². The summed E-state index contributed by atoms with van der Waals surface area (Å²) in [6, 6.07) is 7.40. The Morgan fingerprint density at radius 1 is 1.45 bits per heavy atom. The minimum atomic E-state index is -1.12. The summed E-state index contributed by atoms with van der Waals surface area (Å²) >= 11 is 0. The zero-order valence-electron chi connectivity index (χ0n) is 11.1. The first-order valence-electron chi connectivity index (χ1n) is 6.01. The second-order valence-electron chi connectivity index (χ2n) is 4.53. The van der Waals surface area contributed by atoms with Crippen LogP contribution in [-0.4, -0.2) is 12.8 Å². The fourth-order valence-corrected chi connectivity index (χ4v) is 2.33. The molecule has 0 saturated carbocycles. The highest BCUT2D eigenvalue weighted by atomic mass is 16.5. The van der Waals surface area contributed by atoms with Gasteiger partial charge in [-0.3, -0.25) is 0 Å². The van der Waals surface area contributed by atoms with Crippen LogP contribution in [0.3, 0.4) is 0 Å². The molecule has 2 heterocycles. The molecule has 0 aromatic heterocycles. The van der Waals surface area contributed by atoms with E-state index in [1.165, 1.54) is 0 Å². The van der Waals surface area contributed by atoms with Crippen molar-refractivity contribution in [1.29, 1.82) is 5.26 Å². The van der Waals surface area contributed by atoms with Crippen molar-refractivity contribution in [2.24, 2.45) is 5.73 Å². The molecule has 102 valence electrons. The Labute approximate surface area is 116 Å². The van der Waals surface area contributed by atoms with E-state index in [1.54, 1.807) is 38.3 Å². The van der Waals surface area contributed by atoms with Crippen molar-refractivity contribution in [2.75, 3.05) is 12.4 Å². The molecule has 20 heavy (non-hydrogen) atoms. The lowest BCUT2D eigenvalue weighted by Crippen LogP contribution is -2.44. The number of anilines is 1. The number of methoxy groups -OCH3 is 1. The number of rotatable bonds is 1. The molecule has 0 radical (unpaired) electrons. The maximum atomic E-state index is 9.31. The zero-order chi connectivity index (χ0) is 14.3. The zero-order valence-corrected chi connectivity index (χ0v) is 11.1. The molecule has 1 atom stereocenters. The molecule has 3 rings (SSSR count). The second-order valence-corrected chi connectivity index (χ2v) is 4.53. The number of nitrogens with one attached hydrogen (secondary N) is 1. The van der Waals surface area contributed by atoms with Crippen LogP contribution >= 0.6 is 0 Å². The first-order valence-corrected chi connectivity index (χ1v) is 6.01. The Balaban J connectivity index is 2.08. The highest BCUT2D eigenvalue weighted by molar-refractivity contribution is 5.69. The molecule has 0 unspecified atom stereocenters. The molecule has 6 heteroatoms. The molecule has 1 aromatic rings. The second kappa shape index (κ2) is 4.10. The molecule has 6 nitrogen and oxygen atoms in total. The number of fused-ring (bicyclic) bond motifs is 1. The van der Waals surface area contributed by atoms with Crippen LogP contribution in [0.2, 0.25) is 0 Å². The number of nitrogens with zero attached hydrogens (tertiary/aromatic N) is 1. The third kappa shape index (κ3) is 1.64. The van der Waals surface area contributed by atoms with Crippen molar-refractivity contribution in [1.82, 2.24) is 0 Å². The molecule has 2 aliphatic rings. The minimum absolute atomic E-state index is 0.0415. The highest BCUT2D eigenvalue weighted by Crippen LogP contribution is 2.44. The van der Waals surface area contributed by atoms with Crippen molar-refractivity contribution in [2.45, 2.75) is 12.6 Å². The smallest absolute Gasteiger partial charge is 0.245 e. The van der Waals surface area contributed by atoms with Crippen molar-refractivity contribution in [3.63, 3.8) is 0 Å². The van der Waals surface area contributed by atoms with Gasteiger partial charge in [0.2, 0.25) is 11.6 Å².